The largest absolute Gasteiger partial charge is 0.343 e. The van der Waals surface area contributed by atoms with E-state index < -0.39 is 0 Å². The zero-order valence-electron chi connectivity index (χ0n) is 11.1. The predicted octanol–water partition coefficient (Wildman–Crippen LogP) is 1.89. The number of halogens is 1. The molecular weight excluding hydrogens is 310 g/mol. The maximum absolute atomic E-state index is 12.2. The van der Waals surface area contributed by atoms with Crippen LogP contribution in [0.15, 0.2) is 23.1 Å². The normalized spacial score (nSPS) is 12.4. The molecule has 1 atom stereocenters. The van der Waals surface area contributed by atoms with E-state index in [9.17, 15) is 4.79 Å². The molecule has 0 fully saturated rings. The van der Waals surface area contributed by atoms with Gasteiger partial charge >= 0.3 is 0 Å². The van der Waals surface area contributed by atoms with Crippen LogP contribution in [0.25, 0.3) is 0 Å². The second-order valence-corrected chi connectivity index (χ2v) is 5.24. The van der Waals surface area contributed by atoms with Gasteiger partial charge in [0.15, 0.2) is 5.82 Å². The van der Waals surface area contributed by atoms with Crippen LogP contribution in [0.3, 0.4) is 0 Å². The van der Waals surface area contributed by atoms with Crippen molar-refractivity contribution in [2.24, 2.45) is 7.05 Å². The van der Waals surface area contributed by atoms with E-state index in [0.29, 0.717) is 5.69 Å². The number of amides is 1. The number of carbonyl (C=O) groups excluding carboxylic acids is 1. The maximum Gasteiger partial charge on any atom is 0.268 e. The van der Waals surface area contributed by atoms with Gasteiger partial charge in [0, 0.05) is 24.3 Å². The summed E-state index contributed by atoms with van der Waals surface area (Å²) in [6.45, 7) is 4.62. The average Bonchev–Trinajstić information content (AvgIpc) is 2.94. The molecule has 102 valence electrons. The van der Waals surface area contributed by atoms with Gasteiger partial charge in [-0.05, 0) is 35.8 Å². The van der Waals surface area contributed by atoms with E-state index >= 15 is 0 Å². The van der Waals surface area contributed by atoms with Crippen molar-refractivity contribution in [3.63, 3.8) is 0 Å². The molecule has 19 heavy (non-hydrogen) atoms. The molecule has 6 nitrogen and oxygen atoms in total. The van der Waals surface area contributed by atoms with Crippen molar-refractivity contribution < 1.29 is 4.79 Å². The molecule has 0 bridgehead atoms. The van der Waals surface area contributed by atoms with Crippen LogP contribution in [0.2, 0.25) is 0 Å². The third-order valence-electron chi connectivity index (χ3n) is 2.92. The van der Waals surface area contributed by atoms with Crippen LogP contribution in [-0.2, 0) is 13.6 Å². The maximum atomic E-state index is 12.2. The third kappa shape index (κ3) is 2.86. The van der Waals surface area contributed by atoms with Crippen molar-refractivity contribution in [3.05, 3.63) is 34.6 Å². The van der Waals surface area contributed by atoms with Crippen LogP contribution in [0.5, 0.6) is 0 Å². The Morgan fingerprint density at radius 3 is 2.89 bits per heavy atom. The molecule has 2 aromatic heterocycles. The first-order valence-electron chi connectivity index (χ1n) is 6.03. The Kier molecular flexibility index (Phi) is 4.04. The molecule has 0 saturated heterocycles. The summed E-state index contributed by atoms with van der Waals surface area (Å²) in [7, 11) is 1.85. The van der Waals surface area contributed by atoms with Gasteiger partial charge < -0.3 is 14.5 Å². The zero-order valence-corrected chi connectivity index (χ0v) is 12.7. The Hall–Kier alpha value is -1.63. The van der Waals surface area contributed by atoms with Crippen LogP contribution in [0.4, 0.5) is 0 Å². The number of rotatable bonds is 4. The Morgan fingerprint density at radius 1 is 1.58 bits per heavy atom. The molecule has 0 aliphatic carbocycles. The van der Waals surface area contributed by atoms with E-state index in [-0.39, 0.29) is 11.9 Å². The highest BCUT2D eigenvalue weighted by atomic mass is 79.9. The summed E-state index contributed by atoms with van der Waals surface area (Å²) in [6, 6.07) is 1.61. The van der Waals surface area contributed by atoms with Crippen LogP contribution >= 0.6 is 15.9 Å². The number of hydrogen-bond acceptors (Lipinski definition) is 3. The van der Waals surface area contributed by atoms with Crippen molar-refractivity contribution in [2.75, 3.05) is 0 Å². The highest BCUT2D eigenvalue weighted by Crippen LogP contribution is 2.16. The monoisotopic (exact) mass is 325 g/mol. The first-order chi connectivity index (χ1) is 9.02. The Balaban J connectivity index is 2.15. The number of aromatic nitrogens is 4. The molecule has 0 aliphatic rings. The lowest BCUT2D eigenvalue weighted by Crippen LogP contribution is -2.30. The van der Waals surface area contributed by atoms with Gasteiger partial charge in [0.2, 0.25) is 0 Å². The number of nitrogens with zero attached hydrogens (tertiary/aromatic N) is 4. The Bertz CT molecular complexity index is 589. The van der Waals surface area contributed by atoms with E-state index in [1.807, 2.05) is 37.7 Å². The fraction of sp³-hybridized carbons (Fsp3) is 0.417. The number of nitrogens with one attached hydrogen (secondary N) is 1. The molecule has 0 saturated carbocycles. The van der Waals surface area contributed by atoms with E-state index in [1.165, 1.54) is 0 Å². The Morgan fingerprint density at radius 2 is 2.32 bits per heavy atom. The summed E-state index contributed by atoms with van der Waals surface area (Å²) < 4.78 is 4.58. The summed E-state index contributed by atoms with van der Waals surface area (Å²) >= 11 is 3.38. The zero-order chi connectivity index (χ0) is 14.0. The summed E-state index contributed by atoms with van der Waals surface area (Å²) in [5.41, 5.74) is 0.628. The molecule has 2 rings (SSSR count). The second-order valence-electron chi connectivity index (χ2n) is 4.32. The van der Waals surface area contributed by atoms with Gasteiger partial charge in [-0.25, -0.2) is 0 Å². The summed E-state index contributed by atoms with van der Waals surface area (Å²) in [4.78, 5) is 12.2. The van der Waals surface area contributed by atoms with Crippen molar-refractivity contribution in [1.29, 1.82) is 0 Å². The summed E-state index contributed by atoms with van der Waals surface area (Å²) in [6.07, 6.45) is 3.51. The van der Waals surface area contributed by atoms with Crippen molar-refractivity contribution in [2.45, 2.75) is 26.4 Å². The van der Waals surface area contributed by atoms with E-state index in [4.69, 9.17) is 0 Å². The molecule has 2 heterocycles. The van der Waals surface area contributed by atoms with Gasteiger partial charge in [-0.15, -0.1) is 10.2 Å². The first kappa shape index (κ1) is 13.8. The minimum Gasteiger partial charge on any atom is -0.343 e. The SMILES string of the molecule is CCn1cc(Br)cc1C(=O)NC(C)c1nncn1C. The quantitative estimate of drug-likeness (QED) is 0.933. The standard InChI is InChI=1S/C12H16BrN5O/c1-4-18-6-9(13)5-10(18)12(19)15-8(2)11-16-14-7-17(11)3/h5-8H,4H2,1-3H3,(H,15,19). The van der Waals surface area contributed by atoms with E-state index in [2.05, 4.69) is 31.4 Å². The van der Waals surface area contributed by atoms with Gasteiger partial charge in [-0.2, -0.15) is 0 Å². The van der Waals surface area contributed by atoms with Gasteiger partial charge in [0.05, 0.1) is 6.04 Å². The van der Waals surface area contributed by atoms with Gasteiger partial charge in [-0.3, -0.25) is 4.79 Å². The minimum atomic E-state index is -0.195. The molecule has 0 spiro atoms. The van der Waals surface area contributed by atoms with Crippen molar-refractivity contribution in [3.8, 4) is 0 Å². The van der Waals surface area contributed by atoms with Crippen molar-refractivity contribution in [1.82, 2.24) is 24.6 Å². The third-order valence-corrected chi connectivity index (χ3v) is 3.35. The fourth-order valence-electron chi connectivity index (χ4n) is 1.95. The molecule has 0 aliphatic heterocycles. The molecule has 0 aromatic carbocycles. The smallest absolute Gasteiger partial charge is 0.268 e. The van der Waals surface area contributed by atoms with Gasteiger partial charge in [0.25, 0.3) is 5.91 Å². The van der Waals surface area contributed by atoms with Crippen molar-refractivity contribution >= 4 is 21.8 Å². The highest BCUT2D eigenvalue weighted by Gasteiger charge is 2.18. The molecule has 1 amide bonds. The molecule has 1 N–H and O–H groups in total. The fourth-order valence-corrected chi connectivity index (χ4v) is 2.41. The Labute approximate surface area is 120 Å². The number of aryl methyl sites for hydroxylation is 2. The predicted molar refractivity (Wildman–Crippen MR) is 74.7 cm³/mol. The van der Waals surface area contributed by atoms with E-state index in [1.54, 1.807) is 10.9 Å². The molecule has 0 radical (unpaired) electrons. The highest BCUT2D eigenvalue weighted by molar-refractivity contribution is 9.10. The average molecular weight is 326 g/mol. The molecule has 7 heteroatoms. The van der Waals surface area contributed by atoms with Gasteiger partial charge in [-0.1, -0.05) is 0 Å². The number of carbonyl (C=O) groups is 1. The molecular formula is C12H16BrN5O. The topological polar surface area (TPSA) is 64.7 Å². The summed E-state index contributed by atoms with van der Waals surface area (Å²) in [5.74, 6) is 0.602. The number of hydrogen-bond donors (Lipinski definition) is 1. The molecule has 2 aromatic rings. The molecule has 1 unspecified atom stereocenters. The minimum absolute atomic E-state index is 0.122. The first-order valence-corrected chi connectivity index (χ1v) is 6.82. The van der Waals surface area contributed by atoms with E-state index in [0.717, 1.165) is 16.8 Å². The second kappa shape index (κ2) is 5.56. The lowest BCUT2D eigenvalue weighted by molar-refractivity contribution is 0.0928. The lowest BCUT2D eigenvalue weighted by atomic mass is 10.3. The lowest BCUT2D eigenvalue weighted by Gasteiger charge is -2.13. The van der Waals surface area contributed by atoms with Crippen LogP contribution in [0, 0.1) is 0 Å². The van der Waals surface area contributed by atoms with Gasteiger partial charge in [0.1, 0.15) is 12.0 Å². The van der Waals surface area contributed by atoms with Crippen LogP contribution in [-0.4, -0.2) is 25.2 Å². The van der Waals surface area contributed by atoms with Crippen LogP contribution < -0.4 is 5.32 Å². The summed E-state index contributed by atoms with van der Waals surface area (Å²) in [5, 5.41) is 10.7. The van der Waals surface area contributed by atoms with Crippen LogP contribution in [0.1, 0.15) is 36.2 Å².